The number of hydrogen-bond donors (Lipinski definition) is 0. The Morgan fingerprint density at radius 2 is 2.09 bits per heavy atom. The van der Waals surface area contributed by atoms with Crippen molar-refractivity contribution in [3.05, 3.63) is 18.0 Å². The number of Topliss-reactive ketones (excluding diaryl/α,β-unsaturated/α-hetero) is 1. The maximum Gasteiger partial charge on any atom is 0.410 e. The number of ether oxygens (including phenoxy) is 2. The second kappa shape index (κ2) is 6.70. The highest BCUT2D eigenvalue weighted by Gasteiger charge is 2.36. The van der Waals surface area contributed by atoms with Crippen LogP contribution in [0.5, 0.6) is 0 Å². The summed E-state index contributed by atoms with van der Waals surface area (Å²) < 4.78 is 12.5. The molecule has 1 aliphatic heterocycles. The highest BCUT2D eigenvalue weighted by atomic mass is 16.6. The van der Waals surface area contributed by atoms with Gasteiger partial charge < -0.3 is 9.47 Å². The molecule has 7 heteroatoms. The van der Waals surface area contributed by atoms with Crippen molar-refractivity contribution in [3.8, 4) is 0 Å². The van der Waals surface area contributed by atoms with Gasteiger partial charge in [-0.2, -0.15) is 5.10 Å². The van der Waals surface area contributed by atoms with Crippen LogP contribution in [0.15, 0.2) is 12.3 Å². The number of ketones is 1. The largest absolute Gasteiger partial charge is 0.444 e. The Morgan fingerprint density at radius 1 is 1.39 bits per heavy atom. The van der Waals surface area contributed by atoms with Crippen LogP contribution < -0.4 is 0 Å². The third kappa shape index (κ3) is 4.31. The first-order chi connectivity index (χ1) is 10.7. The van der Waals surface area contributed by atoms with Crippen LogP contribution in [0.25, 0.3) is 0 Å². The van der Waals surface area contributed by atoms with Crippen LogP contribution in [-0.2, 0) is 16.5 Å². The molecule has 7 nitrogen and oxygen atoms in total. The maximum atomic E-state index is 12.5. The summed E-state index contributed by atoms with van der Waals surface area (Å²) in [6.07, 6.45) is 1.36. The molecule has 23 heavy (non-hydrogen) atoms. The van der Waals surface area contributed by atoms with Gasteiger partial charge in [-0.1, -0.05) is 0 Å². The first kappa shape index (κ1) is 17.5. The molecule has 1 aromatic heterocycles. The highest BCUT2D eigenvalue weighted by Crippen LogP contribution is 2.21. The van der Waals surface area contributed by atoms with Gasteiger partial charge in [0.05, 0.1) is 25.3 Å². The molecular formula is C16H25N3O4. The summed E-state index contributed by atoms with van der Waals surface area (Å²) in [5.41, 5.74) is -0.0570. The first-order valence-electron chi connectivity index (χ1n) is 7.79. The molecule has 1 amide bonds. The monoisotopic (exact) mass is 323 g/mol. The number of carbonyl (C=O) groups excluding carboxylic acids is 2. The zero-order valence-electron chi connectivity index (χ0n) is 14.4. The number of hydrogen-bond acceptors (Lipinski definition) is 5. The SMILES string of the molecule is CC1COCC(CC(=O)c2ccnn2C)N1C(=O)OC(C)(C)C. The topological polar surface area (TPSA) is 73.7 Å². The van der Waals surface area contributed by atoms with Crippen LogP contribution in [0.3, 0.4) is 0 Å². The van der Waals surface area contributed by atoms with Crippen molar-refractivity contribution in [2.24, 2.45) is 7.05 Å². The van der Waals surface area contributed by atoms with Crippen LogP contribution >= 0.6 is 0 Å². The summed E-state index contributed by atoms with van der Waals surface area (Å²) in [4.78, 5) is 26.6. The van der Waals surface area contributed by atoms with Gasteiger partial charge in [0.2, 0.25) is 0 Å². The van der Waals surface area contributed by atoms with E-state index in [2.05, 4.69) is 5.10 Å². The molecule has 1 fully saturated rings. The predicted molar refractivity (Wildman–Crippen MR) is 84.3 cm³/mol. The molecule has 0 saturated carbocycles. The van der Waals surface area contributed by atoms with Gasteiger partial charge in [-0.05, 0) is 33.8 Å². The van der Waals surface area contributed by atoms with Gasteiger partial charge in [0, 0.05) is 19.7 Å². The van der Waals surface area contributed by atoms with Gasteiger partial charge in [-0.25, -0.2) is 4.79 Å². The number of carbonyl (C=O) groups is 2. The number of amides is 1. The zero-order chi connectivity index (χ0) is 17.2. The van der Waals surface area contributed by atoms with Gasteiger partial charge in [0.1, 0.15) is 11.3 Å². The minimum Gasteiger partial charge on any atom is -0.444 e. The Morgan fingerprint density at radius 3 is 2.65 bits per heavy atom. The summed E-state index contributed by atoms with van der Waals surface area (Å²) in [6, 6.07) is 1.20. The van der Waals surface area contributed by atoms with E-state index in [1.165, 1.54) is 4.68 Å². The molecule has 1 saturated heterocycles. The summed E-state index contributed by atoms with van der Waals surface area (Å²) in [6.45, 7) is 8.14. The van der Waals surface area contributed by atoms with E-state index in [0.717, 1.165) is 0 Å². The molecule has 0 spiro atoms. The van der Waals surface area contributed by atoms with Crippen LogP contribution in [0.4, 0.5) is 4.79 Å². The lowest BCUT2D eigenvalue weighted by Gasteiger charge is -2.40. The molecule has 2 atom stereocenters. The van der Waals surface area contributed by atoms with Crippen LogP contribution in [-0.4, -0.2) is 57.5 Å². The normalized spacial score (nSPS) is 22.0. The standard InChI is InChI=1S/C16H25N3O4/c1-11-9-22-10-12(19(11)15(21)23-16(2,3)4)8-14(20)13-6-7-17-18(13)5/h6-7,11-12H,8-10H2,1-5H3. The van der Waals surface area contributed by atoms with Crippen LogP contribution in [0, 0.1) is 0 Å². The molecule has 128 valence electrons. The number of aromatic nitrogens is 2. The Kier molecular flexibility index (Phi) is 5.09. The molecule has 0 aliphatic carbocycles. The van der Waals surface area contributed by atoms with Gasteiger partial charge in [0.15, 0.2) is 5.78 Å². The fourth-order valence-corrected chi connectivity index (χ4v) is 2.66. The van der Waals surface area contributed by atoms with E-state index in [1.54, 1.807) is 24.2 Å². The van der Waals surface area contributed by atoms with Crippen molar-refractivity contribution in [2.75, 3.05) is 13.2 Å². The van der Waals surface area contributed by atoms with Crippen LogP contribution in [0.1, 0.15) is 44.6 Å². The second-order valence-corrected chi connectivity index (χ2v) is 6.90. The number of aryl methyl sites for hydroxylation is 1. The summed E-state index contributed by atoms with van der Waals surface area (Å²) in [5.74, 6) is -0.0683. The smallest absolute Gasteiger partial charge is 0.410 e. The van der Waals surface area contributed by atoms with Crippen molar-refractivity contribution < 1.29 is 19.1 Å². The van der Waals surface area contributed by atoms with Crippen molar-refractivity contribution >= 4 is 11.9 Å². The van der Waals surface area contributed by atoms with Crippen molar-refractivity contribution in [2.45, 2.75) is 51.8 Å². The number of nitrogens with zero attached hydrogens (tertiary/aromatic N) is 3. The maximum absolute atomic E-state index is 12.5. The summed E-state index contributed by atoms with van der Waals surface area (Å²) in [5, 5.41) is 4.01. The van der Waals surface area contributed by atoms with Gasteiger partial charge in [-0.3, -0.25) is 14.4 Å². The average molecular weight is 323 g/mol. The molecule has 1 aromatic rings. The molecule has 0 radical (unpaired) electrons. The lowest BCUT2D eigenvalue weighted by atomic mass is 10.0. The third-order valence-corrected chi connectivity index (χ3v) is 3.67. The van der Waals surface area contributed by atoms with Crippen LogP contribution in [0.2, 0.25) is 0 Å². The van der Waals surface area contributed by atoms with E-state index in [9.17, 15) is 9.59 Å². The fourth-order valence-electron chi connectivity index (χ4n) is 2.66. The lowest BCUT2D eigenvalue weighted by molar-refractivity contribution is -0.0559. The quantitative estimate of drug-likeness (QED) is 0.796. The molecule has 0 aromatic carbocycles. The number of rotatable bonds is 3. The van der Waals surface area contributed by atoms with Crippen molar-refractivity contribution in [3.63, 3.8) is 0 Å². The van der Waals surface area contributed by atoms with Gasteiger partial charge in [-0.15, -0.1) is 0 Å². The second-order valence-electron chi connectivity index (χ2n) is 6.90. The van der Waals surface area contributed by atoms with E-state index >= 15 is 0 Å². The Bertz CT molecular complexity index is 576. The minimum absolute atomic E-state index is 0.0683. The third-order valence-electron chi connectivity index (χ3n) is 3.67. The van der Waals surface area contributed by atoms with E-state index in [1.807, 2.05) is 27.7 Å². The average Bonchev–Trinajstić information content (AvgIpc) is 2.83. The molecule has 0 N–H and O–H groups in total. The van der Waals surface area contributed by atoms with E-state index in [-0.39, 0.29) is 24.3 Å². The molecule has 2 heterocycles. The molecule has 2 unspecified atom stereocenters. The highest BCUT2D eigenvalue weighted by molar-refractivity contribution is 5.95. The van der Waals surface area contributed by atoms with Crippen molar-refractivity contribution in [1.29, 1.82) is 0 Å². The molecule has 1 aliphatic rings. The number of morpholine rings is 1. The van der Waals surface area contributed by atoms with E-state index < -0.39 is 11.7 Å². The molecule has 2 rings (SSSR count). The summed E-state index contributed by atoms with van der Waals surface area (Å²) in [7, 11) is 1.72. The first-order valence-corrected chi connectivity index (χ1v) is 7.79. The van der Waals surface area contributed by atoms with Gasteiger partial charge in [0.25, 0.3) is 0 Å². The summed E-state index contributed by atoms with van der Waals surface area (Å²) >= 11 is 0. The lowest BCUT2D eigenvalue weighted by Crippen LogP contribution is -2.55. The Labute approximate surface area is 136 Å². The Hall–Kier alpha value is -1.89. The minimum atomic E-state index is -0.578. The van der Waals surface area contributed by atoms with E-state index in [0.29, 0.717) is 18.9 Å². The predicted octanol–water partition coefficient (Wildman–Crippen LogP) is 2.02. The zero-order valence-corrected chi connectivity index (χ0v) is 14.4. The molecular weight excluding hydrogens is 298 g/mol. The Balaban J connectivity index is 2.12. The fraction of sp³-hybridized carbons (Fsp3) is 0.688. The van der Waals surface area contributed by atoms with E-state index in [4.69, 9.17) is 9.47 Å². The van der Waals surface area contributed by atoms with Gasteiger partial charge >= 0.3 is 6.09 Å². The molecule has 0 bridgehead atoms. The van der Waals surface area contributed by atoms with Crippen molar-refractivity contribution in [1.82, 2.24) is 14.7 Å².